The van der Waals surface area contributed by atoms with Crippen LogP contribution in [0.4, 0.5) is 5.69 Å². The standard InChI is InChI=1S/C12H17N3/c1-8-5-10-3-4-14-7-11(10)6-12(8)15-9(2)13/h5-6,14H,3-4,7H2,1-2H3,(H2,13,15). The van der Waals surface area contributed by atoms with Crippen molar-refractivity contribution >= 4 is 11.5 Å². The van der Waals surface area contributed by atoms with Gasteiger partial charge in [-0.2, -0.15) is 0 Å². The fourth-order valence-corrected chi connectivity index (χ4v) is 1.99. The Morgan fingerprint density at radius 2 is 2.20 bits per heavy atom. The van der Waals surface area contributed by atoms with Crippen LogP contribution in [-0.4, -0.2) is 12.4 Å². The van der Waals surface area contributed by atoms with Crippen LogP contribution in [-0.2, 0) is 13.0 Å². The molecule has 0 radical (unpaired) electrons. The van der Waals surface area contributed by atoms with Gasteiger partial charge in [-0.15, -0.1) is 0 Å². The predicted molar refractivity (Wildman–Crippen MR) is 63.6 cm³/mol. The van der Waals surface area contributed by atoms with Crippen molar-refractivity contribution < 1.29 is 0 Å². The molecule has 0 saturated carbocycles. The molecule has 0 spiro atoms. The van der Waals surface area contributed by atoms with E-state index in [-0.39, 0.29) is 0 Å². The van der Waals surface area contributed by atoms with Gasteiger partial charge in [0.1, 0.15) is 0 Å². The zero-order chi connectivity index (χ0) is 10.8. The maximum absolute atomic E-state index is 7.44. The summed E-state index contributed by atoms with van der Waals surface area (Å²) in [6, 6.07) is 4.40. The van der Waals surface area contributed by atoms with Crippen molar-refractivity contribution in [2.24, 2.45) is 0 Å². The molecule has 0 aliphatic carbocycles. The van der Waals surface area contributed by atoms with Crippen LogP contribution < -0.4 is 10.6 Å². The maximum atomic E-state index is 7.44. The van der Waals surface area contributed by atoms with Gasteiger partial charge in [0.25, 0.3) is 0 Å². The molecule has 0 saturated heterocycles. The highest BCUT2D eigenvalue weighted by molar-refractivity contribution is 5.91. The SMILES string of the molecule is CC(=N)Nc1cc2c(cc1C)CCNC2. The van der Waals surface area contributed by atoms with E-state index in [0.29, 0.717) is 5.84 Å². The van der Waals surface area contributed by atoms with Crippen molar-refractivity contribution in [3.05, 3.63) is 28.8 Å². The number of amidine groups is 1. The lowest BCUT2D eigenvalue weighted by Gasteiger charge is -2.20. The van der Waals surface area contributed by atoms with Crippen LogP contribution in [0, 0.1) is 12.3 Å². The van der Waals surface area contributed by atoms with Crippen molar-refractivity contribution in [3.8, 4) is 0 Å². The fourth-order valence-electron chi connectivity index (χ4n) is 1.99. The number of benzene rings is 1. The summed E-state index contributed by atoms with van der Waals surface area (Å²) in [7, 11) is 0. The lowest BCUT2D eigenvalue weighted by molar-refractivity contribution is 0.643. The van der Waals surface area contributed by atoms with E-state index in [1.165, 1.54) is 16.7 Å². The molecule has 0 bridgehead atoms. The number of hydrogen-bond acceptors (Lipinski definition) is 2. The molecule has 1 heterocycles. The minimum absolute atomic E-state index is 0.488. The monoisotopic (exact) mass is 203 g/mol. The van der Waals surface area contributed by atoms with E-state index in [9.17, 15) is 0 Å². The minimum Gasteiger partial charge on any atom is -0.344 e. The number of anilines is 1. The topological polar surface area (TPSA) is 47.9 Å². The van der Waals surface area contributed by atoms with E-state index < -0.39 is 0 Å². The summed E-state index contributed by atoms with van der Waals surface area (Å²) in [6.07, 6.45) is 1.11. The Kier molecular flexibility index (Phi) is 2.73. The van der Waals surface area contributed by atoms with E-state index in [4.69, 9.17) is 5.41 Å². The summed E-state index contributed by atoms with van der Waals surface area (Å²) in [5.41, 5.74) is 5.09. The van der Waals surface area contributed by atoms with Gasteiger partial charge in [0, 0.05) is 12.2 Å². The number of nitrogens with one attached hydrogen (secondary N) is 3. The molecule has 3 nitrogen and oxygen atoms in total. The molecule has 3 heteroatoms. The second-order valence-corrected chi connectivity index (χ2v) is 4.11. The summed E-state index contributed by atoms with van der Waals surface area (Å²) >= 11 is 0. The number of fused-ring (bicyclic) bond motifs is 1. The molecule has 0 unspecified atom stereocenters. The smallest absolute Gasteiger partial charge is 0.0944 e. The number of rotatable bonds is 1. The molecule has 0 aromatic heterocycles. The van der Waals surface area contributed by atoms with Crippen molar-refractivity contribution in [1.82, 2.24) is 5.32 Å². The van der Waals surface area contributed by atoms with Gasteiger partial charge in [-0.05, 0) is 49.6 Å². The van der Waals surface area contributed by atoms with E-state index in [1.54, 1.807) is 6.92 Å². The lowest BCUT2D eigenvalue weighted by Crippen LogP contribution is -2.24. The lowest BCUT2D eigenvalue weighted by atomic mass is 9.97. The average Bonchev–Trinajstić information content (AvgIpc) is 2.18. The van der Waals surface area contributed by atoms with E-state index in [2.05, 4.69) is 29.7 Å². The van der Waals surface area contributed by atoms with Crippen LogP contribution in [0.2, 0.25) is 0 Å². The fraction of sp³-hybridized carbons (Fsp3) is 0.417. The van der Waals surface area contributed by atoms with Crippen molar-refractivity contribution in [1.29, 1.82) is 5.41 Å². The molecule has 1 aliphatic rings. The Hall–Kier alpha value is -1.35. The van der Waals surface area contributed by atoms with Gasteiger partial charge in [-0.1, -0.05) is 6.07 Å². The molecule has 80 valence electrons. The van der Waals surface area contributed by atoms with Crippen LogP contribution in [0.15, 0.2) is 12.1 Å². The van der Waals surface area contributed by atoms with Crippen LogP contribution in [0.25, 0.3) is 0 Å². The van der Waals surface area contributed by atoms with Crippen molar-refractivity contribution in [2.45, 2.75) is 26.8 Å². The van der Waals surface area contributed by atoms with Crippen LogP contribution in [0.5, 0.6) is 0 Å². The molecule has 0 atom stereocenters. The van der Waals surface area contributed by atoms with Crippen LogP contribution in [0.1, 0.15) is 23.6 Å². The molecule has 0 fully saturated rings. The summed E-state index contributed by atoms with van der Waals surface area (Å²) in [5.74, 6) is 0.488. The molecule has 0 amide bonds. The highest BCUT2D eigenvalue weighted by Gasteiger charge is 2.11. The third kappa shape index (κ3) is 2.18. The van der Waals surface area contributed by atoms with Gasteiger partial charge >= 0.3 is 0 Å². The predicted octanol–water partition coefficient (Wildman–Crippen LogP) is 2.05. The number of hydrogen-bond donors (Lipinski definition) is 3. The first-order valence-electron chi connectivity index (χ1n) is 5.32. The second kappa shape index (κ2) is 4.03. The van der Waals surface area contributed by atoms with E-state index >= 15 is 0 Å². The van der Waals surface area contributed by atoms with E-state index in [1.807, 2.05) is 0 Å². The first-order valence-corrected chi connectivity index (χ1v) is 5.32. The third-order valence-electron chi connectivity index (χ3n) is 2.76. The van der Waals surface area contributed by atoms with Gasteiger partial charge in [-0.3, -0.25) is 5.41 Å². The molecule has 15 heavy (non-hydrogen) atoms. The Labute approximate surface area is 90.4 Å². The highest BCUT2D eigenvalue weighted by Crippen LogP contribution is 2.23. The Morgan fingerprint density at radius 3 is 2.93 bits per heavy atom. The quantitative estimate of drug-likeness (QED) is 0.483. The van der Waals surface area contributed by atoms with Crippen molar-refractivity contribution in [2.75, 3.05) is 11.9 Å². The second-order valence-electron chi connectivity index (χ2n) is 4.11. The molecule has 1 aliphatic heterocycles. The van der Waals surface area contributed by atoms with Gasteiger partial charge in [0.05, 0.1) is 5.84 Å². The normalized spacial score (nSPS) is 14.5. The van der Waals surface area contributed by atoms with E-state index in [0.717, 1.165) is 25.2 Å². The first-order chi connectivity index (χ1) is 7.16. The summed E-state index contributed by atoms with van der Waals surface area (Å²) in [6.45, 7) is 5.87. The van der Waals surface area contributed by atoms with Crippen LogP contribution in [0.3, 0.4) is 0 Å². The Morgan fingerprint density at radius 1 is 1.40 bits per heavy atom. The Bertz CT molecular complexity index is 396. The largest absolute Gasteiger partial charge is 0.344 e. The van der Waals surface area contributed by atoms with Crippen molar-refractivity contribution in [3.63, 3.8) is 0 Å². The van der Waals surface area contributed by atoms with Gasteiger partial charge in [0.15, 0.2) is 0 Å². The Balaban J connectivity index is 2.36. The summed E-state index contributed by atoms with van der Waals surface area (Å²) in [5, 5.41) is 13.9. The molecule has 1 aromatic carbocycles. The number of aryl methyl sites for hydroxylation is 1. The maximum Gasteiger partial charge on any atom is 0.0944 e. The molecular weight excluding hydrogens is 186 g/mol. The zero-order valence-corrected chi connectivity index (χ0v) is 9.28. The van der Waals surface area contributed by atoms with Gasteiger partial charge in [0.2, 0.25) is 0 Å². The summed E-state index contributed by atoms with van der Waals surface area (Å²) < 4.78 is 0. The first kappa shape index (κ1) is 10.2. The third-order valence-corrected chi connectivity index (χ3v) is 2.76. The zero-order valence-electron chi connectivity index (χ0n) is 9.28. The minimum atomic E-state index is 0.488. The van der Waals surface area contributed by atoms with Crippen LogP contribution >= 0.6 is 0 Å². The molecule has 3 N–H and O–H groups in total. The molecular formula is C12H17N3. The molecule has 1 aromatic rings. The molecule has 2 rings (SSSR count). The van der Waals surface area contributed by atoms with Gasteiger partial charge < -0.3 is 10.6 Å². The van der Waals surface area contributed by atoms with Gasteiger partial charge in [-0.25, -0.2) is 0 Å². The highest BCUT2D eigenvalue weighted by atomic mass is 14.9. The summed E-state index contributed by atoms with van der Waals surface area (Å²) in [4.78, 5) is 0. The average molecular weight is 203 g/mol.